The van der Waals surface area contributed by atoms with Crippen LogP contribution >= 0.6 is 0 Å². The molecule has 0 bridgehead atoms. The van der Waals surface area contributed by atoms with E-state index in [1.807, 2.05) is 0 Å². The van der Waals surface area contributed by atoms with Gasteiger partial charge < -0.3 is 10.5 Å². The molecule has 0 aromatic carbocycles. The van der Waals surface area contributed by atoms with Crippen LogP contribution in [0.4, 0.5) is 0 Å². The second-order valence-electron chi connectivity index (χ2n) is 7.27. The number of hydrogen-bond acceptors (Lipinski definition) is 3. The maximum absolute atomic E-state index is 6.15. The first-order valence-corrected chi connectivity index (χ1v) is 7.94. The molecule has 19 heavy (non-hydrogen) atoms. The number of nitrogens with zero attached hydrogens (tertiary/aromatic N) is 1. The molecule has 1 rings (SSSR count). The van der Waals surface area contributed by atoms with Crippen molar-refractivity contribution in [2.24, 2.45) is 5.73 Å². The van der Waals surface area contributed by atoms with Crippen LogP contribution in [0.25, 0.3) is 0 Å². The second-order valence-corrected chi connectivity index (χ2v) is 7.27. The van der Waals surface area contributed by atoms with Crippen LogP contribution in [0, 0.1) is 0 Å². The molecule has 0 aliphatic carbocycles. The van der Waals surface area contributed by atoms with Crippen LogP contribution in [0.3, 0.4) is 0 Å². The quantitative estimate of drug-likeness (QED) is 0.722. The van der Waals surface area contributed by atoms with E-state index in [0.29, 0.717) is 6.04 Å². The third-order valence-corrected chi connectivity index (χ3v) is 3.90. The molecule has 0 amide bonds. The molecule has 1 atom stereocenters. The Morgan fingerprint density at radius 3 is 2.11 bits per heavy atom. The fraction of sp³-hybridized carbons (Fsp3) is 1.00. The molecule has 3 heteroatoms. The molecule has 0 radical (unpaired) electrons. The highest BCUT2D eigenvalue weighted by molar-refractivity contribution is 4.92. The Labute approximate surface area is 119 Å². The van der Waals surface area contributed by atoms with Crippen molar-refractivity contribution in [1.82, 2.24) is 4.90 Å². The molecule has 114 valence electrons. The summed E-state index contributed by atoms with van der Waals surface area (Å²) < 4.78 is 6.15. The van der Waals surface area contributed by atoms with E-state index >= 15 is 0 Å². The van der Waals surface area contributed by atoms with Gasteiger partial charge in [0.1, 0.15) is 0 Å². The Morgan fingerprint density at radius 2 is 1.63 bits per heavy atom. The van der Waals surface area contributed by atoms with Gasteiger partial charge in [0.25, 0.3) is 0 Å². The topological polar surface area (TPSA) is 38.5 Å². The van der Waals surface area contributed by atoms with Crippen molar-refractivity contribution < 1.29 is 4.74 Å². The molecule has 2 N–H and O–H groups in total. The van der Waals surface area contributed by atoms with Gasteiger partial charge in [0.2, 0.25) is 0 Å². The number of morpholine rings is 1. The van der Waals surface area contributed by atoms with Crippen LogP contribution in [0.1, 0.15) is 66.7 Å². The SMILES string of the molecule is CCCCCCC(CN)N1CC(C)(C)OC(C)(C)C1. The van der Waals surface area contributed by atoms with E-state index in [9.17, 15) is 0 Å². The number of nitrogens with two attached hydrogens (primary N) is 1. The van der Waals surface area contributed by atoms with E-state index in [4.69, 9.17) is 10.5 Å². The number of ether oxygens (including phenoxy) is 1. The third kappa shape index (κ3) is 5.80. The van der Waals surface area contributed by atoms with Crippen LogP contribution < -0.4 is 5.73 Å². The standard InChI is InChI=1S/C16H34N2O/c1-6-7-8-9-10-14(11-17)18-12-15(2,3)19-16(4,5)13-18/h14H,6-13,17H2,1-5H3. The van der Waals surface area contributed by atoms with Crippen molar-refractivity contribution in [2.45, 2.75) is 84.0 Å². The molecule has 1 aliphatic heterocycles. The lowest BCUT2D eigenvalue weighted by molar-refractivity contribution is -0.187. The summed E-state index contributed by atoms with van der Waals surface area (Å²) in [6.07, 6.45) is 6.50. The summed E-state index contributed by atoms with van der Waals surface area (Å²) in [6, 6.07) is 0.513. The zero-order valence-electron chi connectivity index (χ0n) is 13.7. The average molecular weight is 270 g/mol. The Hall–Kier alpha value is -0.120. The smallest absolute Gasteiger partial charge is 0.0760 e. The molecule has 1 heterocycles. The zero-order valence-corrected chi connectivity index (χ0v) is 13.7. The van der Waals surface area contributed by atoms with Gasteiger partial charge in [-0.2, -0.15) is 0 Å². The molecule has 0 aromatic heterocycles. The van der Waals surface area contributed by atoms with Crippen LogP contribution in [0.2, 0.25) is 0 Å². The molecule has 1 fully saturated rings. The van der Waals surface area contributed by atoms with Crippen molar-refractivity contribution in [3.63, 3.8) is 0 Å². The van der Waals surface area contributed by atoms with Gasteiger partial charge >= 0.3 is 0 Å². The molecule has 0 aromatic rings. The minimum atomic E-state index is -0.0708. The minimum Gasteiger partial charge on any atom is -0.367 e. The first kappa shape index (κ1) is 16.9. The molecule has 1 unspecified atom stereocenters. The Morgan fingerprint density at radius 1 is 1.05 bits per heavy atom. The summed E-state index contributed by atoms with van der Waals surface area (Å²) in [5, 5.41) is 0. The predicted octanol–water partition coefficient (Wildman–Crippen LogP) is 3.17. The highest BCUT2D eigenvalue weighted by Crippen LogP contribution is 2.30. The molecular formula is C16H34N2O. The maximum Gasteiger partial charge on any atom is 0.0760 e. The molecule has 1 aliphatic rings. The first-order chi connectivity index (χ1) is 8.79. The summed E-state index contributed by atoms with van der Waals surface area (Å²) in [4.78, 5) is 2.55. The summed E-state index contributed by atoms with van der Waals surface area (Å²) in [6.45, 7) is 13.7. The predicted molar refractivity (Wildman–Crippen MR) is 82.4 cm³/mol. The molecule has 1 saturated heterocycles. The lowest BCUT2D eigenvalue weighted by atomic mass is 9.95. The number of rotatable bonds is 7. The number of hydrogen-bond donors (Lipinski definition) is 1. The van der Waals surface area contributed by atoms with Crippen molar-refractivity contribution in [3.8, 4) is 0 Å². The lowest BCUT2D eigenvalue weighted by Crippen LogP contribution is -2.60. The van der Waals surface area contributed by atoms with Crippen LogP contribution in [-0.2, 0) is 4.74 Å². The molecule has 0 spiro atoms. The van der Waals surface area contributed by atoms with E-state index < -0.39 is 0 Å². The molecule has 0 saturated carbocycles. The Bertz CT molecular complexity index is 247. The maximum atomic E-state index is 6.15. The van der Waals surface area contributed by atoms with Gasteiger partial charge in [-0.15, -0.1) is 0 Å². The van der Waals surface area contributed by atoms with E-state index in [1.54, 1.807) is 0 Å². The summed E-state index contributed by atoms with van der Waals surface area (Å²) in [5.41, 5.74) is 5.87. The van der Waals surface area contributed by atoms with Gasteiger partial charge in [0, 0.05) is 25.7 Å². The fourth-order valence-electron chi connectivity index (χ4n) is 3.36. The van der Waals surface area contributed by atoms with E-state index in [-0.39, 0.29) is 11.2 Å². The average Bonchev–Trinajstić information content (AvgIpc) is 2.25. The first-order valence-electron chi connectivity index (χ1n) is 7.94. The van der Waals surface area contributed by atoms with Crippen LogP contribution in [0.15, 0.2) is 0 Å². The van der Waals surface area contributed by atoms with Crippen LogP contribution in [-0.4, -0.2) is 41.8 Å². The second kappa shape index (κ2) is 7.05. The van der Waals surface area contributed by atoms with Gasteiger partial charge in [-0.1, -0.05) is 32.6 Å². The van der Waals surface area contributed by atoms with Crippen LogP contribution in [0.5, 0.6) is 0 Å². The summed E-state index contributed by atoms with van der Waals surface area (Å²) in [7, 11) is 0. The van der Waals surface area contributed by atoms with Crippen molar-refractivity contribution in [1.29, 1.82) is 0 Å². The van der Waals surface area contributed by atoms with Crippen molar-refractivity contribution in [3.05, 3.63) is 0 Å². The van der Waals surface area contributed by atoms with Gasteiger partial charge in [-0.05, 0) is 34.1 Å². The minimum absolute atomic E-state index is 0.0708. The highest BCUT2D eigenvalue weighted by Gasteiger charge is 2.39. The van der Waals surface area contributed by atoms with Crippen molar-refractivity contribution >= 4 is 0 Å². The molecule has 3 nitrogen and oxygen atoms in total. The fourth-order valence-corrected chi connectivity index (χ4v) is 3.36. The van der Waals surface area contributed by atoms with Gasteiger partial charge in [0.15, 0.2) is 0 Å². The largest absolute Gasteiger partial charge is 0.367 e. The third-order valence-electron chi connectivity index (χ3n) is 3.90. The molecular weight excluding hydrogens is 236 g/mol. The highest BCUT2D eigenvalue weighted by atomic mass is 16.5. The zero-order chi connectivity index (χ0) is 14.5. The van der Waals surface area contributed by atoms with Gasteiger partial charge in [-0.25, -0.2) is 0 Å². The lowest BCUT2D eigenvalue weighted by Gasteiger charge is -2.49. The van der Waals surface area contributed by atoms with E-state index in [1.165, 1.54) is 32.1 Å². The monoisotopic (exact) mass is 270 g/mol. The Kier molecular flexibility index (Phi) is 6.28. The Balaban J connectivity index is 2.54. The van der Waals surface area contributed by atoms with Crippen molar-refractivity contribution in [2.75, 3.05) is 19.6 Å². The summed E-state index contributed by atoms with van der Waals surface area (Å²) >= 11 is 0. The van der Waals surface area contributed by atoms with Gasteiger partial charge in [0.05, 0.1) is 11.2 Å². The normalized spacial score (nSPS) is 24.3. The van der Waals surface area contributed by atoms with E-state index in [0.717, 1.165) is 19.6 Å². The van der Waals surface area contributed by atoms with E-state index in [2.05, 4.69) is 39.5 Å². The summed E-state index contributed by atoms with van der Waals surface area (Å²) in [5.74, 6) is 0. The van der Waals surface area contributed by atoms with Gasteiger partial charge in [-0.3, -0.25) is 4.90 Å². The number of unbranched alkanes of at least 4 members (excludes halogenated alkanes) is 3.